The fourth-order valence-corrected chi connectivity index (χ4v) is 20.4. The number of benzene rings is 1. The van der Waals surface area contributed by atoms with Crippen LogP contribution in [0.2, 0.25) is 27.0 Å². The Balaban J connectivity index is 1.63. The van der Waals surface area contributed by atoms with Crippen LogP contribution >= 0.6 is 0 Å². The van der Waals surface area contributed by atoms with Crippen molar-refractivity contribution in [3.8, 4) is 0 Å². The zero-order chi connectivity index (χ0) is 31.3. The van der Waals surface area contributed by atoms with Crippen LogP contribution in [-0.2, 0) is 17.7 Å². The summed E-state index contributed by atoms with van der Waals surface area (Å²) in [6, 6.07) is 7.76. The SMILES string of the molecule is Cc1ccc(C(=O)[Se]C2[C@H]3O[Si](C(C)C)(C(C)C)O[Si](C(C)C)(C(C)C)OC[C@H]3O[C@H]2n2cnc3c(N)ncnc32)cc1. The number of nitrogens with two attached hydrogens (primary N) is 1. The van der Waals surface area contributed by atoms with Crippen molar-refractivity contribution in [2.75, 3.05) is 12.3 Å². The van der Waals surface area contributed by atoms with E-state index >= 15 is 0 Å². The molecule has 1 unspecified atom stereocenters. The third kappa shape index (κ3) is 5.79. The predicted molar refractivity (Wildman–Crippen MR) is 172 cm³/mol. The first-order valence-electron chi connectivity index (χ1n) is 15.2. The normalized spacial score (nSPS) is 25.4. The van der Waals surface area contributed by atoms with Crippen molar-refractivity contribution in [3.05, 3.63) is 48.0 Å². The van der Waals surface area contributed by atoms with Crippen molar-refractivity contribution in [2.24, 2.45) is 0 Å². The van der Waals surface area contributed by atoms with Gasteiger partial charge in [0, 0.05) is 0 Å². The Morgan fingerprint density at radius 1 is 0.953 bits per heavy atom. The van der Waals surface area contributed by atoms with Crippen LogP contribution < -0.4 is 5.73 Å². The van der Waals surface area contributed by atoms with E-state index in [0.29, 0.717) is 29.2 Å². The van der Waals surface area contributed by atoms with Gasteiger partial charge in [0.05, 0.1) is 0 Å². The van der Waals surface area contributed by atoms with Crippen molar-refractivity contribution in [2.45, 2.75) is 108 Å². The van der Waals surface area contributed by atoms with Crippen LogP contribution in [0.5, 0.6) is 0 Å². The molecule has 234 valence electrons. The molecule has 2 saturated heterocycles. The van der Waals surface area contributed by atoms with Gasteiger partial charge in [-0.25, -0.2) is 0 Å². The monoisotopic (exact) mass is 691 g/mol. The van der Waals surface area contributed by atoms with E-state index in [1.165, 1.54) is 6.33 Å². The molecule has 0 bridgehead atoms. The summed E-state index contributed by atoms with van der Waals surface area (Å²) in [5.41, 5.74) is 9.76. The molecular formula is C30H45N5O5SeSi2. The van der Waals surface area contributed by atoms with Crippen molar-refractivity contribution < 1.29 is 22.5 Å². The fraction of sp³-hybridized carbons (Fsp3) is 0.600. The molecule has 2 aromatic heterocycles. The number of nitrogens with zero attached hydrogens (tertiary/aromatic N) is 4. The fourth-order valence-electron chi connectivity index (χ4n) is 6.41. The Labute approximate surface area is 263 Å². The average molecular weight is 691 g/mol. The van der Waals surface area contributed by atoms with Gasteiger partial charge in [-0.1, -0.05) is 0 Å². The van der Waals surface area contributed by atoms with Crippen molar-refractivity contribution >= 4 is 53.7 Å². The molecule has 0 spiro atoms. The molecule has 3 aromatic rings. The molecule has 2 aliphatic rings. The number of carbonyl (C=O) groups is 1. The van der Waals surface area contributed by atoms with Gasteiger partial charge < -0.3 is 0 Å². The second kappa shape index (κ2) is 12.4. The van der Waals surface area contributed by atoms with Crippen molar-refractivity contribution in [3.63, 3.8) is 0 Å². The average Bonchev–Trinajstić information content (AvgIpc) is 3.50. The summed E-state index contributed by atoms with van der Waals surface area (Å²) in [6.45, 7) is 20.0. The summed E-state index contributed by atoms with van der Waals surface area (Å²) in [6.07, 6.45) is 1.77. The summed E-state index contributed by atoms with van der Waals surface area (Å²) in [7, 11) is -5.69. The maximum absolute atomic E-state index is 13.9. The van der Waals surface area contributed by atoms with E-state index in [9.17, 15) is 4.79 Å². The maximum atomic E-state index is 13.9. The number of aryl methyl sites for hydroxylation is 1. The van der Waals surface area contributed by atoms with E-state index in [0.717, 1.165) is 5.56 Å². The van der Waals surface area contributed by atoms with Crippen LogP contribution in [-0.4, -0.2) is 75.1 Å². The van der Waals surface area contributed by atoms with E-state index in [2.05, 4.69) is 70.3 Å². The van der Waals surface area contributed by atoms with E-state index in [1.807, 2.05) is 35.8 Å². The van der Waals surface area contributed by atoms with Gasteiger partial charge >= 0.3 is 264 Å². The zero-order valence-electron chi connectivity index (χ0n) is 26.6. The molecule has 1 aromatic carbocycles. The third-order valence-corrected chi connectivity index (χ3v) is 21.6. The molecule has 4 heterocycles. The second-order valence-corrected chi connectivity index (χ2v) is 24.2. The third-order valence-electron chi connectivity index (χ3n) is 8.81. The van der Waals surface area contributed by atoms with E-state index in [-0.39, 0.29) is 31.7 Å². The van der Waals surface area contributed by atoms with Gasteiger partial charge in [0.2, 0.25) is 0 Å². The Bertz CT molecular complexity index is 1430. The number of anilines is 1. The topological polar surface area (TPSA) is 124 Å². The van der Waals surface area contributed by atoms with E-state index in [1.54, 1.807) is 6.33 Å². The number of fused-ring (bicyclic) bond motifs is 2. The van der Waals surface area contributed by atoms with Crippen molar-refractivity contribution in [1.82, 2.24) is 19.5 Å². The molecule has 0 saturated carbocycles. The Hall–Kier alpha value is -1.97. The predicted octanol–water partition coefficient (Wildman–Crippen LogP) is 5.90. The Kier molecular flexibility index (Phi) is 9.38. The number of nitrogen functional groups attached to an aromatic ring is 1. The van der Waals surface area contributed by atoms with Gasteiger partial charge in [-0.15, -0.1) is 0 Å². The number of carbonyl (C=O) groups excluding carboxylic acids is 1. The van der Waals surface area contributed by atoms with Crippen LogP contribution in [0.1, 0.15) is 77.5 Å². The molecule has 0 aliphatic carbocycles. The molecule has 0 amide bonds. The molecule has 10 nitrogen and oxygen atoms in total. The molecule has 2 aliphatic heterocycles. The molecule has 13 heteroatoms. The molecule has 4 atom stereocenters. The summed E-state index contributed by atoms with van der Waals surface area (Å²) in [5.74, 6) is 0.300. The van der Waals surface area contributed by atoms with Gasteiger partial charge in [-0.2, -0.15) is 0 Å². The number of hydrogen-bond donors (Lipinski definition) is 1. The van der Waals surface area contributed by atoms with Crippen LogP contribution in [0.15, 0.2) is 36.9 Å². The van der Waals surface area contributed by atoms with Gasteiger partial charge in [0.25, 0.3) is 0 Å². The summed E-state index contributed by atoms with van der Waals surface area (Å²) in [5, 5.41) is 0. The van der Waals surface area contributed by atoms with Gasteiger partial charge in [0.15, 0.2) is 0 Å². The zero-order valence-corrected chi connectivity index (χ0v) is 30.3. The summed E-state index contributed by atoms with van der Waals surface area (Å²) in [4.78, 5) is 26.7. The number of ether oxygens (including phenoxy) is 1. The first-order valence-corrected chi connectivity index (χ1v) is 21.0. The Morgan fingerprint density at radius 2 is 1.58 bits per heavy atom. The van der Waals surface area contributed by atoms with Crippen LogP contribution in [0, 0.1) is 6.92 Å². The van der Waals surface area contributed by atoms with Crippen molar-refractivity contribution in [1.29, 1.82) is 0 Å². The molecule has 2 fully saturated rings. The summed E-state index contributed by atoms with van der Waals surface area (Å²) >= 11 is -0.549. The van der Waals surface area contributed by atoms with E-state index < -0.39 is 50.5 Å². The van der Waals surface area contributed by atoms with Gasteiger partial charge in [-0.3, -0.25) is 0 Å². The number of aromatic nitrogens is 4. The molecule has 2 N–H and O–H groups in total. The standard InChI is InChI=1S/C30H45N5O5SeSi2/c1-17(2)42(18(3)4)37-14-23-25(39-43(40-42,19(5)6)20(7)8)26(41-30(36)22-12-10-21(9)11-13-22)29(38-23)35-16-34-24-27(31)32-15-33-28(24)35/h10-13,15-20,23,25-26,29H,14H2,1-9H3,(H2,31,32,33)/t23-,25+,26?,29-/m1/s1. The number of hydrogen-bond acceptors (Lipinski definition) is 9. The first-order chi connectivity index (χ1) is 20.3. The number of imidazole rings is 1. The quantitative estimate of drug-likeness (QED) is 0.288. The van der Waals surface area contributed by atoms with Crippen LogP contribution in [0.3, 0.4) is 0 Å². The first kappa shape index (κ1) is 32.4. The minimum atomic E-state index is -2.94. The molecule has 5 rings (SSSR count). The van der Waals surface area contributed by atoms with Gasteiger partial charge in [0.1, 0.15) is 0 Å². The van der Waals surface area contributed by atoms with Crippen LogP contribution in [0.4, 0.5) is 5.82 Å². The summed E-state index contributed by atoms with van der Waals surface area (Å²) < 4.78 is 30.7. The number of rotatable bonds is 8. The van der Waals surface area contributed by atoms with Crippen LogP contribution in [0.25, 0.3) is 11.2 Å². The van der Waals surface area contributed by atoms with Gasteiger partial charge in [-0.05, 0) is 0 Å². The molecule has 43 heavy (non-hydrogen) atoms. The minimum absolute atomic E-state index is 0.0900. The molecule has 0 radical (unpaired) electrons. The second-order valence-electron chi connectivity index (χ2n) is 12.9. The van der Waals surface area contributed by atoms with E-state index in [4.69, 9.17) is 23.4 Å². The Morgan fingerprint density at radius 3 is 2.19 bits per heavy atom. The molecular weight excluding hydrogens is 645 g/mol.